The highest BCUT2D eigenvalue weighted by Crippen LogP contribution is 2.21. The minimum absolute atomic E-state index is 0.213. The zero-order valence-electron chi connectivity index (χ0n) is 9.39. The Kier molecular flexibility index (Phi) is 4.04. The standard InChI is InChI=1S/C13H18FN/c1-9(2)4-7-13(15)11-8-10(3)5-6-12(11)14/h5-6,8,13H,1,4,7,15H2,2-3H3. The van der Waals surface area contributed by atoms with Crippen LogP contribution in [0.4, 0.5) is 4.39 Å². The molecule has 1 rings (SSSR count). The van der Waals surface area contributed by atoms with Crippen LogP contribution < -0.4 is 5.73 Å². The molecular weight excluding hydrogens is 189 g/mol. The predicted molar refractivity (Wildman–Crippen MR) is 62.1 cm³/mol. The third-order valence-corrected chi connectivity index (χ3v) is 2.43. The molecule has 82 valence electrons. The van der Waals surface area contributed by atoms with Gasteiger partial charge in [0.15, 0.2) is 0 Å². The van der Waals surface area contributed by atoms with Gasteiger partial charge in [-0.2, -0.15) is 0 Å². The number of rotatable bonds is 4. The van der Waals surface area contributed by atoms with E-state index in [0.29, 0.717) is 5.56 Å². The predicted octanol–water partition coefficient (Wildman–Crippen LogP) is 3.49. The molecule has 2 N–H and O–H groups in total. The molecule has 0 fully saturated rings. The summed E-state index contributed by atoms with van der Waals surface area (Å²) in [6.07, 6.45) is 1.59. The van der Waals surface area contributed by atoms with E-state index in [1.807, 2.05) is 19.9 Å². The second kappa shape index (κ2) is 5.08. The maximum atomic E-state index is 13.4. The summed E-state index contributed by atoms with van der Waals surface area (Å²) in [5.74, 6) is -0.213. The zero-order valence-corrected chi connectivity index (χ0v) is 9.39. The first-order valence-electron chi connectivity index (χ1n) is 5.16. The molecule has 15 heavy (non-hydrogen) atoms. The molecular formula is C13H18FN. The summed E-state index contributed by atoms with van der Waals surface area (Å²) >= 11 is 0. The van der Waals surface area contributed by atoms with E-state index < -0.39 is 0 Å². The van der Waals surface area contributed by atoms with Crippen molar-refractivity contribution in [3.05, 3.63) is 47.3 Å². The lowest BCUT2D eigenvalue weighted by molar-refractivity contribution is 0.562. The second-order valence-corrected chi connectivity index (χ2v) is 4.13. The van der Waals surface area contributed by atoms with Crippen LogP contribution in [0, 0.1) is 12.7 Å². The highest BCUT2D eigenvalue weighted by Gasteiger charge is 2.11. The average molecular weight is 207 g/mol. The molecule has 0 saturated heterocycles. The molecule has 1 aromatic rings. The van der Waals surface area contributed by atoms with Gasteiger partial charge >= 0.3 is 0 Å². The highest BCUT2D eigenvalue weighted by atomic mass is 19.1. The Balaban J connectivity index is 2.76. The summed E-state index contributed by atoms with van der Waals surface area (Å²) in [5.41, 5.74) is 8.66. The van der Waals surface area contributed by atoms with Crippen molar-refractivity contribution in [2.24, 2.45) is 5.73 Å². The first kappa shape index (κ1) is 11.9. The molecule has 0 radical (unpaired) electrons. The van der Waals surface area contributed by atoms with Gasteiger partial charge in [0.25, 0.3) is 0 Å². The number of hydrogen-bond acceptors (Lipinski definition) is 1. The van der Waals surface area contributed by atoms with E-state index in [4.69, 9.17) is 5.73 Å². The summed E-state index contributed by atoms with van der Waals surface area (Å²) in [5, 5.41) is 0. The smallest absolute Gasteiger partial charge is 0.127 e. The maximum Gasteiger partial charge on any atom is 0.127 e. The zero-order chi connectivity index (χ0) is 11.4. The van der Waals surface area contributed by atoms with Gasteiger partial charge in [-0.15, -0.1) is 6.58 Å². The van der Waals surface area contributed by atoms with Crippen molar-refractivity contribution in [1.29, 1.82) is 0 Å². The van der Waals surface area contributed by atoms with Crippen LogP contribution in [-0.2, 0) is 0 Å². The van der Waals surface area contributed by atoms with Gasteiger partial charge in [0.2, 0.25) is 0 Å². The molecule has 0 spiro atoms. The van der Waals surface area contributed by atoms with Gasteiger partial charge < -0.3 is 5.73 Å². The Morgan fingerprint density at radius 2 is 2.20 bits per heavy atom. The third-order valence-electron chi connectivity index (χ3n) is 2.43. The lowest BCUT2D eigenvalue weighted by Crippen LogP contribution is -2.12. The summed E-state index contributed by atoms with van der Waals surface area (Å²) < 4.78 is 13.4. The van der Waals surface area contributed by atoms with Gasteiger partial charge in [-0.3, -0.25) is 0 Å². The van der Waals surface area contributed by atoms with Crippen LogP contribution in [0.2, 0.25) is 0 Å². The van der Waals surface area contributed by atoms with E-state index >= 15 is 0 Å². The van der Waals surface area contributed by atoms with Crippen molar-refractivity contribution >= 4 is 0 Å². The highest BCUT2D eigenvalue weighted by molar-refractivity contribution is 5.26. The second-order valence-electron chi connectivity index (χ2n) is 4.13. The largest absolute Gasteiger partial charge is 0.324 e. The van der Waals surface area contributed by atoms with Crippen LogP contribution in [-0.4, -0.2) is 0 Å². The number of benzene rings is 1. The Bertz CT molecular complexity index is 358. The van der Waals surface area contributed by atoms with E-state index in [0.717, 1.165) is 24.0 Å². The van der Waals surface area contributed by atoms with E-state index in [-0.39, 0.29) is 11.9 Å². The lowest BCUT2D eigenvalue weighted by atomic mass is 9.99. The van der Waals surface area contributed by atoms with Gasteiger partial charge in [-0.05, 0) is 32.8 Å². The summed E-state index contributed by atoms with van der Waals surface area (Å²) in [4.78, 5) is 0. The topological polar surface area (TPSA) is 26.0 Å². The Hall–Kier alpha value is -1.15. The molecule has 0 heterocycles. The molecule has 1 atom stereocenters. The first-order chi connectivity index (χ1) is 7.00. The summed E-state index contributed by atoms with van der Waals surface area (Å²) in [6, 6.07) is 4.81. The van der Waals surface area contributed by atoms with Crippen molar-refractivity contribution in [2.45, 2.75) is 32.7 Å². The average Bonchev–Trinajstić information content (AvgIpc) is 2.18. The molecule has 0 aromatic heterocycles. The Labute approximate surface area is 90.8 Å². The third kappa shape index (κ3) is 3.48. The quantitative estimate of drug-likeness (QED) is 0.751. The van der Waals surface area contributed by atoms with Crippen LogP contribution in [0.15, 0.2) is 30.4 Å². The summed E-state index contributed by atoms with van der Waals surface area (Å²) in [7, 11) is 0. The fraction of sp³-hybridized carbons (Fsp3) is 0.385. The minimum Gasteiger partial charge on any atom is -0.324 e. The van der Waals surface area contributed by atoms with Gasteiger partial charge in [0.05, 0.1) is 0 Å². The molecule has 0 bridgehead atoms. The van der Waals surface area contributed by atoms with Crippen LogP contribution >= 0.6 is 0 Å². The van der Waals surface area contributed by atoms with Gasteiger partial charge in [-0.25, -0.2) is 4.39 Å². The molecule has 0 aliphatic heterocycles. The molecule has 1 unspecified atom stereocenters. The maximum absolute atomic E-state index is 13.4. The number of hydrogen-bond donors (Lipinski definition) is 1. The molecule has 0 aliphatic rings. The molecule has 1 nitrogen and oxygen atoms in total. The van der Waals surface area contributed by atoms with E-state index in [9.17, 15) is 4.39 Å². The number of halogens is 1. The van der Waals surface area contributed by atoms with Gasteiger partial charge in [0, 0.05) is 11.6 Å². The van der Waals surface area contributed by atoms with Crippen molar-refractivity contribution < 1.29 is 4.39 Å². The molecule has 1 aromatic carbocycles. The van der Waals surface area contributed by atoms with E-state index in [1.165, 1.54) is 6.07 Å². The monoisotopic (exact) mass is 207 g/mol. The SMILES string of the molecule is C=C(C)CCC(N)c1cc(C)ccc1F. The fourth-order valence-electron chi connectivity index (χ4n) is 1.50. The van der Waals surface area contributed by atoms with Crippen LogP contribution in [0.5, 0.6) is 0 Å². The molecule has 0 aliphatic carbocycles. The van der Waals surface area contributed by atoms with Crippen molar-refractivity contribution in [2.75, 3.05) is 0 Å². The minimum atomic E-state index is -0.235. The van der Waals surface area contributed by atoms with E-state index in [1.54, 1.807) is 6.07 Å². The Morgan fingerprint density at radius 1 is 1.53 bits per heavy atom. The van der Waals surface area contributed by atoms with Crippen molar-refractivity contribution in [1.82, 2.24) is 0 Å². The van der Waals surface area contributed by atoms with Gasteiger partial charge in [-0.1, -0.05) is 23.3 Å². The first-order valence-corrected chi connectivity index (χ1v) is 5.16. The Morgan fingerprint density at radius 3 is 2.80 bits per heavy atom. The number of allylic oxidation sites excluding steroid dienone is 1. The van der Waals surface area contributed by atoms with Crippen LogP contribution in [0.3, 0.4) is 0 Å². The lowest BCUT2D eigenvalue weighted by Gasteiger charge is -2.13. The van der Waals surface area contributed by atoms with Gasteiger partial charge in [0.1, 0.15) is 5.82 Å². The number of nitrogens with two attached hydrogens (primary N) is 1. The fourth-order valence-corrected chi connectivity index (χ4v) is 1.50. The molecule has 0 saturated carbocycles. The summed E-state index contributed by atoms with van der Waals surface area (Å²) in [6.45, 7) is 7.71. The molecule has 0 amide bonds. The molecule has 2 heteroatoms. The van der Waals surface area contributed by atoms with E-state index in [2.05, 4.69) is 6.58 Å². The number of aryl methyl sites for hydroxylation is 1. The van der Waals surface area contributed by atoms with Crippen molar-refractivity contribution in [3.63, 3.8) is 0 Å². The normalized spacial score (nSPS) is 12.5. The van der Waals surface area contributed by atoms with Crippen LogP contribution in [0.25, 0.3) is 0 Å². The van der Waals surface area contributed by atoms with Crippen molar-refractivity contribution in [3.8, 4) is 0 Å². The van der Waals surface area contributed by atoms with Crippen LogP contribution in [0.1, 0.15) is 36.9 Å².